The lowest BCUT2D eigenvalue weighted by molar-refractivity contribution is -0.117. The van der Waals surface area contributed by atoms with Crippen LogP contribution in [0.3, 0.4) is 0 Å². The molecule has 0 fully saturated rings. The number of allylic oxidation sites excluding steroid dienone is 9. The van der Waals surface area contributed by atoms with Gasteiger partial charge in [0, 0.05) is 12.6 Å². The van der Waals surface area contributed by atoms with Gasteiger partial charge in [0.2, 0.25) is 5.91 Å². The molecule has 2 N–H and O–H groups in total. The van der Waals surface area contributed by atoms with Crippen LogP contribution in [0.1, 0.15) is 52.9 Å². The Morgan fingerprint density at radius 2 is 1.46 bits per heavy atom. The minimum Gasteiger partial charge on any atom is -0.388 e. The molecule has 0 bridgehead atoms. The van der Waals surface area contributed by atoms with E-state index >= 15 is 0 Å². The highest BCUT2D eigenvalue weighted by Crippen LogP contribution is 2.05. The van der Waals surface area contributed by atoms with Crippen molar-refractivity contribution in [3.8, 4) is 0 Å². The van der Waals surface area contributed by atoms with E-state index in [0.29, 0.717) is 6.42 Å². The van der Waals surface area contributed by atoms with Gasteiger partial charge in [-0.1, -0.05) is 75.0 Å². The normalized spacial score (nSPS) is 15.3. The van der Waals surface area contributed by atoms with Crippen molar-refractivity contribution >= 4 is 5.91 Å². The van der Waals surface area contributed by atoms with E-state index in [0.717, 1.165) is 19.3 Å². The summed E-state index contributed by atoms with van der Waals surface area (Å²) in [5, 5.41) is 12.5. The van der Waals surface area contributed by atoms with Crippen LogP contribution in [0.4, 0.5) is 0 Å². The summed E-state index contributed by atoms with van der Waals surface area (Å²) >= 11 is 0. The molecule has 0 aliphatic rings. The predicted octanol–water partition coefficient (Wildman–Crippen LogP) is 4.62. The third-order valence-electron chi connectivity index (χ3n) is 3.46. The van der Waals surface area contributed by atoms with Gasteiger partial charge in [-0.3, -0.25) is 4.79 Å². The summed E-state index contributed by atoms with van der Waals surface area (Å²) in [4.78, 5) is 11.5. The highest BCUT2D eigenvalue weighted by Gasteiger charge is 2.17. The lowest BCUT2D eigenvalue weighted by Crippen LogP contribution is -2.39. The highest BCUT2D eigenvalue weighted by molar-refractivity contribution is 5.87. The number of aliphatic hydroxyl groups is 1. The summed E-state index contributed by atoms with van der Waals surface area (Å²) in [5.74, 6) is -0.186. The molecule has 0 rings (SSSR count). The van der Waals surface area contributed by atoms with Crippen LogP contribution in [-0.2, 0) is 4.79 Å². The van der Waals surface area contributed by atoms with Crippen molar-refractivity contribution in [1.82, 2.24) is 5.32 Å². The van der Waals surface area contributed by atoms with E-state index < -0.39 is 5.60 Å². The first-order chi connectivity index (χ1) is 11.5. The molecule has 0 heterocycles. The van der Waals surface area contributed by atoms with Crippen LogP contribution in [0.5, 0.6) is 0 Å². The lowest BCUT2D eigenvalue weighted by atomic mass is 10.0. The van der Waals surface area contributed by atoms with E-state index in [1.165, 1.54) is 12.5 Å². The molecule has 0 aromatic heterocycles. The Morgan fingerprint density at radius 3 is 2.00 bits per heavy atom. The molecule has 0 spiro atoms. The highest BCUT2D eigenvalue weighted by atomic mass is 16.3. The van der Waals surface area contributed by atoms with Crippen molar-refractivity contribution in [1.29, 1.82) is 0 Å². The second-order valence-electron chi connectivity index (χ2n) is 5.96. The molecular formula is C21H33NO2. The van der Waals surface area contributed by atoms with Crippen LogP contribution in [-0.4, -0.2) is 23.2 Å². The molecule has 3 heteroatoms. The molecule has 1 amide bonds. The number of hydrogen-bond donors (Lipinski definition) is 2. The first kappa shape index (κ1) is 22.1. The maximum Gasteiger partial charge on any atom is 0.244 e. The van der Waals surface area contributed by atoms with E-state index in [4.69, 9.17) is 0 Å². The topological polar surface area (TPSA) is 49.3 Å². The Labute approximate surface area is 147 Å². The van der Waals surface area contributed by atoms with Gasteiger partial charge in [0.15, 0.2) is 0 Å². The monoisotopic (exact) mass is 331 g/mol. The van der Waals surface area contributed by atoms with Crippen molar-refractivity contribution < 1.29 is 9.90 Å². The number of amides is 1. The summed E-state index contributed by atoms with van der Waals surface area (Å²) in [7, 11) is 0. The Bertz CT molecular complexity index is 468. The maximum atomic E-state index is 11.5. The Hall–Kier alpha value is -1.87. The molecular weight excluding hydrogens is 298 g/mol. The van der Waals surface area contributed by atoms with E-state index in [2.05, 4.69) is 30.5 Å². The minimum atomic E-state index is -0.841. The maximum absolute atomic E-state index is 11.5. The van der Waals surface area contributed by atoms with E-state index in [9.17, 15) is 9.90 Å². The van der Waals surface area contributed by atoms with Gasteiger partial charge in [-0.2, -0.15) is 0 Å². The van der Waals surface area contributed by atoms with Gasteiger partial charge in [0.1, 0.15) is 0 Å². The number of carbonyl (C=O) groups excluding carboxylic acids is 1. The fraction of sp³-hybridized carbons (Fsp3) is 0.476. The number of rotatable bonds is 12. The fourth-order valence-corrected chi connectivity index (χ4v) is 1.62. The van der Waals surface area contributed by atoms with Crippen molar-refractivity contribution in [2.75, 3.05) is 6.54 Å². The zero-order valence-corrected chi connectivity index (χ0v) is 15.4. The van der Waals surface area contributed by atoms with Gasteiger partial charge in [-0.25, -0.2) is 0 Å². The van der Waals surface area contributed by atoms with Crippen LogP contribution >= 0.6 is 0 Å². The SMILES string of the molecule is CCCC=CC=CC=CCCC=CC=CC(=O)NCC(C)(O)CC. The summed E-state index contributed by atoms with van der Waals surface area (Å²) in [6.45, 7) is 6.03. The zero-order chi connectivity index (χ0) is 18.1. The van der Waals surface area contributed by atoms with Gasteiger partial charge < -0.3 is 10.4 Å². The average molecular weight is 332 g/mol. The van der Waals surface area contributed by atoms with Gasteiger partial charge in [0.05, 0.1) is 5.60 Å². The number of nitrogens with one attached hydrogen (secondary N) is 1. The van der Waals surface area contributed by atoms with Crippen molar-refractivity contribution in [2.24, 2.45) is 0 Å². The summed E-state index contributed by atoms with van der Waals surface area (Å²) in [6.07, 6.45) is 24.4. The third kappa shape index (κ3) is 15.0. The quantitative estimate of drug-likeness (QED) is 0.311. The molecule has 134 valence electrons. The third-order valence-corrected chi connectivity index (χ3v) is 3.46. The number of unbranched alkanes of at least 4 members (excludes halogenated alkanes) is 2. The molecule has 3 nitrogen and oxygen atoms in total. The molecule has 24 heavy (non-hydrogen) atoms. The van der Waals surface area contributed by atoms with Crippen molar-refractivity contribution in [3.63, 3.8) is 0 Å². The Morgan fingerprint density at radius 1 is 0.917 bits per heavy atom. The van der Waals surface area contributed by atoms with Crippen molar-refractivity contribution in [3.05, 3.63) is 60.8 Å². The molecule has 0 aliphatic heterocycles. The first-order valence-corrected chi connectivity index (χ1v) is 8.83. The molecule has 1 atom stereocenters. The smallest absolute Gasteiger partial charge is 0.244 e. The standard InChI is InChI=1S/C21H33NO2/c1-4-6-7-8-9-10-11-12-13-14-15-16-17-18-20(23)22-19-21(3,24)5-2/h7-12,15-18,24H,4-6,13-14,19H2,1-3H3,(H,22,23). The van der Waals surface area contributed by atoms with Crippen LogP contribution in [0.2, 0.25) is 0 Å². The minimum absolute atomic E-state index is 0.186. The first-order valence-electron chi connectivity index (χ1n) is 8.83. The second kappa shape index (κ2) is 14.7. The molecule has 1 unspecified atom stereocenters. The van der Waals surface area contributed by atoms with Gasteiger partial charge >= 0.3 is 0 Å². The van der Waals surface area contributed by atoms with Gasteiger partial charge in [-0.05, 0) is 32.6 Å². The van der Waals surface area contributed by atoms with E-state index in [1.807, 2.05) is 37.3 Å². The lowest BCUT2D eigenvalue weighted by Gasteiger charge is -2.20. The molecule has 0 saturated carbocycles. The average Bonchev–Trinajstić information content (AvgIpc) is 2.57. The Kier molecular flexibility index (Phi) is 13.6. The summed E-state index contributed by atoms with van der Waals surface area (Å²) in [6, 6.07) is 0. The summed E-state index contributed by atoms with van der Waals surface area (Å²) in [5.41, 5.74) is -0.841. The van der Waals surface area contributed by atoms with Crippen LogP contribution in [0.25, 0.3) is 0 Å². The molecule has 0 saturated heterocycles. The van der Waals surface area contributed by atoms with Gasteiger partial charge in [0.25, 0.3) is 0 Å². The zero-order valence-electron chi connectivity index (χ0n) is 15.4. The molecule has 0 aromatic rings. The Balaban J connectivity index is 3.79. The van der Waals surface area contributed by atoms with Crippen LogP contribution in [0.15, 0.2) is 60.8 Å². The second-order valence-corrected chi connectivity index (χ2v) is 5.96. The van der Waals surface area contributed by atoms with E-state index in [1.54, 1.807) is 13.0 Å². The largest absolute Gasteiger partial charge is 0.388 e. The van der Waals surface area contributed by atoms with Crippen molar-refractivity contribution in [2.45, 2.75) is 58.5 Å². The number of hydrogen-bond acceptors (Lipinski definition) is 2. The van der Waals surface area contributed by atoms with E-state index in [-0.39, 0.29) is 12.5 Å². The molecule has 0 aliphatic carbocycles. The van der Waals surface area contributed by atoms with Crippen LogP contribution in [0, 0.1) is 0 Å². The fourth-order valence-electron chi connectivity index (χ4n) is 1.62. The number of carbonyl (C=O) groups is 1. The molecule has 0 radical (unpaired) electrons. The summed E-state index contributed by atoms with van der Waals surface area (Å²) < 4.78 is 0. The molecule has 0 aromatic carbocycles. The van der Waals surface area contributed by atoms with Crippen LogP contribution < -0.4 is 5.32 Å². The van der Waals surface area contributed by atoms with Gasteiger partial charge in [-0.15, -0.1) is 0 Å². The predicted molar refractivity (Wildman–Crippen MR) is 104 cm³/mol.